The predicted octanol–water partition coefficient (Wildman–Crippen LogP) is 3.41. The lowest BCUT2D eigenvalue weighted by Crippen LogP contribution is -2.08. The van der Waals surface area contributed by atoms with Gasteiger partial charge in [0.2, 0.25) is 0 Å². The van der Waals surface area contributed by atoms with Crippen molar-refractivity contribution in [1.29, 1.82) is 0 Å². The molecule has 1 aromatic heterocycles. The number of hydrogen-bond acceptors (Lipinski definition) is 6. The van der Waals surface area contributed by atoms with Crippen molar-refractivity contribution in [3.63, 3.8) is 0 Å². The Hall–Kier alpha value is -2.34. The SMILES string of the molecule is COC(=O)c1cc(CNc2cc(Cl)nc(C3CC3)n2)ccc1OC. The van der Waals surface area contributed by atoms with Crippen molar-refractivity contribution in [2.45, 2.75) is 25.3 Å². The average Bonchev–Trinajstić information content (AvgIpc) is 3.43. The van der Waals surface area contributed by atoms with Crippen LogP contribution in [-0.2, 0) is 11.3 Å². The van der Waals surface area contributed by atoms with Gasteiger partial charge in [0.15, 0.2) is 0 Å². The molecular weight excluding hydrogens is 330 g/mol. The first-order chi connectivity index (χ1) is 11.6. The van der Waals surface area contributed by atoms with Crippen LogP contribution in [0, 0.1) is 0 Å². The summed E-state index contributed by atoms with van der Waals surface area (Å²) < 4.78 is 9.98. The molecule has 0 bridgehead atoms. The average molecular weight is 348 g/mol. The Bertz CT molecular complexity index is 763. The zero-order valence-electron chi connectivity index (χ0n) is 13.5. The number of halogens is 1. The van der Waals surface area contributed by atoms with Crippen molar-refractivity contribution >= 4 is 23.4 Å². The van der Waals surface area contributed by atoms with E-state index in [0.29, 0.717) is 34.7 Å². The first-order valence-electron chi connectivity index (χ1n) is 7.64. The molecule has 0 amide bonds. The number of ether oxygens (including phenoxy) is 2. The van der Waals surface area contributed by atoms with Crippen LogP contribution >= 0.6 is 11.6 Å². The maximum absolute atomic E-state index is 11.8. The lowest BCUT2D eigenvalue weighted by molar-refractivity contribution is 0.0597. The largest absolute Gasteiger partial charge is 0.496 e. The van der Waals surface area contributed by atoms with Crippen molar-refractivity contribution in [2.24, 2.45) is 0 Å². The first-order valence-corrected chi connectivity index (χ1v) is 8.02. The lowest BCUT2D eigenvalue weighted by atomic mass is 10.1. The summed E-state index contributed by atoms with van der Waals surface area (Å²) in [6, 6.07) is 7.05. The van der Waals surface area contributed by atoms with E-state index in [1.807, 2.05) is 6.07 Å². The molecule has 3 rings (SSSR count). The number of anilines is 1. The molecule has 6 nitrogen and oxygen atoms in total. The van der Waals surface area contributed by atoms with Crippen molar-refractivity contribution in [3.05, 3.63) is 46.4 Å². The number of aromatic nitrogens is 2. The Morgan fingerprint density at radius 1 is 1.29 bits per heavy atom. The molecule has 24 heavy (non-hydrogen) atoms. The van der Waals surface area contributed by atoms with Gasteiger partial charge in [-0.25, -0.2) is 14.8 Å². The zero-order valence-corrected chi connectivity index (χ0v) is 14.3. The Kier molecular flexibility index (Phi) is 4.85. The van der Waals surface area contributed by atoms with E-state index in [0.717, 1.165) is 24.2 Å². The van der Waals surface area contributed by atoms with Crippen LogP contribution in [-0.4, -0.2) is 30.2 Å². The number of carbonyl (C=O) groups is 1. The lowest BCUT2D eigenvalue weighted by Gasteiger charge is -2.11. The van der Waals surface area contributed by atoms with Crippen LogP contribution in [0.2, 0.25) is 5.15 Å². The smallest absolute Gasteiger partial charge is 0.341 e. The number of nitrogens with one attached hydrogen (secondary N) is 1. The van der Waals surface area contributed by atoms with Gasteiger partial charge in [0.25, 0.3) is 0 Å². The highest BCUT2D eigenvalue weighted by Crippen LogP contribution is 2.38. The van der Waals surface area contributed by atoms with Gasteiger partial charge in [-0.15, -0.1) is 0 Å². The first kappa shape index (κ1) is 16.5. The Morgan fingerprint density at radius 2 is 2.08 bits per heavy atom. The molecule has 7 heteroatoms. The van der Waals surface area contributed by atoms with Crippen molar-refractivity contribution < 1.29 is 14.3 Å². The van der Waals surface area contributed by atoms with E-state index in [9.17, 15) is 4.79 Å². The summed E-state index contributed by atoms with van der Waals surface area (Å²) in [5, 5.41) is 3.65. The molecule has 0 spiro atoms. The van der Waals surface area contributed by atoms with Gasteiger partial charge in [0.1, 0.15) is 28.1 Å². The summed E-state index contributed by atoms with van der Waals surface area (Å²) in [6.07, 6.45) is 2.22. The summed E-state index contributed by atoms with van der Waals surface area (Å²) in [6.45, 7) is 0.492. The minimum Gasteiger partial charge on any atom is -0.496 e. The molecular formula is C17H18ClN3O3. The van der Waals surface area contributed by atoms with E-state index in [-0.39, 0.29) is 0 Å². The molecule has 1 N–H and O–H groups in total. The van der Waals surface area contributed by atoms with E-state index < -0.39 is 5.97 Å². The Morgan fingerprint density at radius 3 is 2.75 bits per heavy atom. The fourth-order valence-corrected chi connectivity index (χ4v) is 2.57. The second kappa shape index (κ2) is 7.05. The van der Waals surface area contributed by atoms with Crippen LogP contribution in [0.15, 0.2) is 24.3 Å². The molecule has 1 saturated carbocycles. The zero-order chi connectivity index (χ0) is 17.1. The second-order valence-electron chi connectivity index (χ2n) is 5.59. The standard InChI is InChI=1S/C17H18ClN3O3/c1-23-13-6-3-10(7-12(13)17(22)24-2)9-19-15-8-14(18)20-16(21-15)11-4-5-11/h3,6-8,11H,4-5,9H2,1-2H3,(H,19,20,21). The van der Waals surface area contributed by atoms with E-state index in [1.54, 1.807) is 18.2 Å². The van der Waals surface area contributed by atoms with E-state index in [2.05, 4.69) is 15.3 Å². The fourth-order valence-electron chi connectivity index (χ4n) is 2.38. The molecule has 0 saturated heterocycles. The van der Waals surface area contributed by atoms with Crippen LogP contribution in [0.3, 0.4) is 0 Å². The van der Waals surface area contributed by atoms with Crippen LogP contribution in [0.1, 0.15) is 40.5 Å². The normalized spacial score (nSPS) is 13.5. The van der Waals surface area contributed by atoms with E-state index >= 15 is 0 Å². The van der Waals surface area contributed by atoms with Crippen molar-refractivity contribution in [2.75, 3.05) is 19.5 Å². The number of rotatable bonds is 6. The number of nitrogens with zero attached hydrogens (tertiary/aromatic N) is 2. The fraction of sp³-hybridized carbons (Fsp3) is 0.353. The number of benzene rings is 1. The molecule has 126 valence electrons. The van der Waals surface area contributed by atoms with Gasteiger partial charge in [-0.05, 0) is 30.5 Å². The molecule has 0 radical (unpaired) electrons. The van der Waals surface area contributed by atoms with E-state index in [1.165, 1.54) is 14.2 Å². The minimum absolute atomic E-state index is 0.388. The highest BCUT2D eigenvalue weighted by atomic mass is 35.5. The highest BCUT2D eigenvalue weighted by Gasteiger charge is 2.27. The summed E-state index contributed by atoms with van der Waals surface area (Å²) in [5.41, 5.74) is 1.29. The maximum Gasteiger partial charge on any atom is 0.341 e. The molecule has 0 atom stereocenters. The quantitative estimate of drug-likeness (QED) is 0.637. The monoisotopic (exact) mass is 347 g/mol. The molecule has 0 aliphatic heterocycles. The van der Waals surface area contributed by atoms with Gasteiger partial charge in [0, 0.05) is 18.5 Å². The molecule has 1 heterocycles. The third-order valence-corrected chi connectivity index (χ3v) is 3.99. The van der Waals surface area contributed by atoms with Crippen LogP contribution in [0.4, 0.5) is 5.82 Å². The van der Waals surface area contributed by atoms with Gasteiger partial charge < -0.3 is 14.8 Å². The Balaban J connectivity index is 1.76. The minimum atomic E-state index is -0.435. The molecule has 1 aliphatic rings. The topological polar surface area (TPSA) is 73.3 Å². The molecule has 2 aromatic rings. The molecule has 0 unspecified atom stereocenters. The van der Waals surface area contributed by atoms with Crippen LogP contribution < -0.4 is 10.1 Å². The molecule has 1 aliphatic carbocycles. The van der Waals surface area contributed by atoms with Gasteiger partial charge in [0.05, 0.1) is 14.2 Å². The summed E-state index contributed by atoms with van der Waals surface area (Å²) in [7, 11) is 2.86. The Labute approximate surface area is 145 Å². The number of methoxy groups -OCH3 is 2. The van der Waals surface area contributed by atoms with Gasteiger partial charge in [-0.1, -0.05) is 17.7 Å². The second-order valence-corrected chi connectivity index (χ2v) is 5.98. The predicted molar refractivity (Wildman–Crippen MR) is 90.7 cm³/mol. The van der Waals surface area contributed by atoms with Crippen molar-refractivity contribution in [3.8, 4) is 5.75 Å². The van der Waals surface area contributed by atoms with Gasteiger partial charge in [-0.2, -0.15) is 0 Å². The molecule has 1 fully saturated rings. The third kappa shape index (κ3) is 3.76. The third-order valence-electron chi connectivity index (χ3n) is 3.80. The highest BCUT2D eigenvalue weighted by molar-refractivity contribution is 6.29. The number of esters is 1. The van der Waals surface area contributed by atoms with Crippen molar-refractivity contribution in [1.82, 2.24) is 9.97 Å². The molecule has 1 aromatic carbocycles. The summed E-state index contributed by atoms with van der Waals surface area (Å²) in [5.74, 6) is 1.93. The maximum atomic E-state index is 11.8. The van der Waals surface area contributed by atoms with E-state index in [4.69, 9.17) is 21.1 Å². The van der Waals surface area contributed by atoms with Gasteiger partial charge in [-0.3, -0.25) is 0 Å². The van der Waals surface area contributed by atoms with Gasteiger partial charge >= 0.3 is 5.97 Å². The summed E-state index contributed by atoms with van der Waals surface area (Å²) in [4.78, 5) is 20.6. The van der Waals surface area contributed by atoms with Crippen LogP contribution in [0.25, 0.3) is 0 Å². The summed E-state index contributed by atoms with van der Waals surface area (Å²) >= 11 is 6.06. The van der Waals surface area contributed by atoms with Crippen LogP contribution in [0.5, 0.6) is 5.75 Å². The number of carbonyl (C=O) groups excluding carboxylic acids is 1. The number of hydrogen-bond donors (Lipinski definition) is 1.